The van der Waals surface area contributed by atoms with Gasteiger partial charge in [0, 0.05) is 18.7 Å². The Balaban J connectivity index is 1.64. The van der Waals surface area contributed by atoms with Crippen LogP contribution in [0.5, 0.6) is 0 Å². The van der Waals surface area contributed by atoms with E-state index in [9.17, 15) is 13.2 Å². The highest BCUT2D eigenvalue weighted by atomic mass is 32.2. The van der Waals surface area contributed by atoms with Crippen LogP contribution in [0, 0.1) is 0 Å². The van der Waals surface area contributed by atoms with Crippen LogP contribution in [0.1, 0.15) is 30.0 Å². The molecular formula is C21H24N2O4S. The van der Waals surface area contributed by atoms with Crippen LogP contribution in [-0.4, -0.2) is 43.3 Å². The normalized spacial score (nSPS) is 17.8. The van der Waals surface area contributed by atoms with Gasteiger partial charge < -0.3 is 0 Å². The summed E-state index contributed by atoms with van der Waals surface area (Å²) in [5.41, 5.74) is 3.54. The number of nitrogens with one attached hydrogen (secondary N) is 1. The van der Waals surface area contributed by atoms with Crippen LogP contribution in [0.3, 0.4) is 0 Å². The number of hydroxylamine groups is 1. The van der Waals surface area contributed by atoms with Gasteiger partial charge in [0.2, 0.25) is 0 Å². The molecule has 1 fully saturated rings. The maximum absolute atomic E-state index is 12.5. The van der Waals surface area contributed by atoms with E-state index < -0.39 is 15.7 Å². The number of amides is 1. The summed E-state index contributed by atoms with van der Waals surface area (Å²) >= 11 is 0. The van der Waals surface area contributed by atoms with Crippen LogP contribution in [0.15, 0.2) is 65.6 Å². The minimum absolute atomic E-state index is 0.102. The first-order valence-corrected chi connectivity index (χ1v) is 10.9. The lowest BCUT2D eigenvalue weighted by molar-refractivity contribution is -0.124. The molecule has 0 aliphatic carbocycles. The van der Waals surface area contributed by atoms with Crippen molar-refractivity contribution in [1.82, 2.24) is 10.4 Å². The molecule has 0 aromatic heterocycles. The molecule has 1 aliphatic rings. The second-order valence-electron chi connectivity index (χ2n) is 6.80. The van der Waals surface area contributed by atoms with Crippen molar-refractivity contribution >= 4 is 21.8 Å². The molecular weight excluding hydrogens is 376 g/mol. The summed E-state index contributed by atoms with van der Waals surface area (Å²) in [6.45, 7) is 1.38. The van der Waals surface area contributed by atoms with E-state index in [1.54, 1.807) is 35.8 Å². The molecule has 28 heavy (non-hydrogen) atoms. The quantitative estimate of drug-likeness (QED) is 0.424. The van der Waals surface area contributed by atoms with Gasteiger partial charge in [-0.05, 0) is 48.7 Å². The molecule has 3 rings (SSSR count). The van der Waals surface area contributed by atoms with E-state index in [1.165, 1.54) is 6.08 Å². The molecule has 1 aliphatic heterocycles. The van der Waals surface area contributed by atoms with E-state index in [-0.39, 0.29) is 11.8 Å². The van der Waals surface area contributed by atoms with E-state index in [1.807, 2.05) is 30.3 Å². The molecule has 1 saturated heterocycles. The number of hydrogen-bond acceptors (Lipinski definition) is 5. The maximum Gasteiger partial charge on any atom is 0.267 e. The first-order chi connectivity index (χ1) is 13.5. The summed E-state index contributed by atoms with van der Waals surface area (Å²) in [7, 11) is -3.29. The van der Waals surface area contributed by atoms with Gasteiger partial charge in [-0.25, -0.2) is 13.9 Å². The number of sulfone groups is 1. The van der Waals surface area contributed by atoms with E-state index in [2.05, 4.69) is 4.90 Å². The summed E-state index contributed by atoms with van der Waals surface area (Å²) < 4.78 is 25.1. The summed E-state index contributed by atoms with van der Waals surface area (Å²) in [6, 6.07) is 16.6. The first-order valence-electron chi connectivity index (χ1n) is 9.23. The van der Waals surface area contributed by atoms with Crippen molar-refractivity contribution in [2.45, 2.75) is 23.8 Å². The number of carbonyl (C=O) groups excluding carboxylic acids is 1. The number of carbonyl (C=O) groups is 1. The molecule has 1 amide bonds. The highest BCUT2D eigenvalue weighted by Gasteiger charge is 2.27. The number of hydrogen-bond donors (Lipinski definition) is 2. The van der Waals surface area contributed by atoms with Crippen LogP contribution < -0.4 is 5.48 Å². The smallest absolute Gasteiger partial charge is 0.267 e. The maximum atomic E-state index is 12.5. The van der Waals surface area contributed by atoms with Gasteiger partial charge in [0.05, 0.1) is 10.6 Å². The molecule has 148 valence electrons. The fourth-order valence-corrected chi connectivity index (χ4v) is 4.78. The van der Waals surface area contributed by atoms with Gasteiger partial charge in [-0.1, -0.05) is 42.5 Å². The third-order valence-corrected chi connectivity index (χ3v) is 6.68. The molecule has 0 unspecified atom stereocenters. The minimum Gasteiger partial charge on any atom is -0.295 e. The van der Waals surface area contributed by atoms with E-state index in [0.717, 1.165) is 30.5 Å². The molecule has 2 aromatic rings. The average Bonchev–Trinajstić information content (AvgIpc) is 3.20. The Kier molecular flexibility index (Phi) is 6.61. The molecule has 7 heteroatoms. The zero-order valence-corrected chi connectivity index (χ0v) is 16.3. The average molecular weight is 400 g/mol. The third kappa shape index (κ3) is 5.07. The Morgan fingerprint density at radius 3 is 2.54 bits per heavy atom. The predicted molar refractivity (Wildman–Crippen MR) is 107 cm³/mol. The van der Waals surface area contributed by atoms with Crippen molar-refractivity contribution in [3.63, 3.8) is 0 Å². The lowest BCUT2D eigenvalue weighted by atomic mass is 10.0. The minimum atomic E-state index is -3.29. The van der Waals surface area contributed by atoms with E-state index >= 15 is 0 Å². The van der Waals surface area contributed by atoms with E-state index in [4.69, 9.17) is 5.21 Å². The topological polar surface area (TPSA) is 86.7 Å². The molecule has 1 heterocycles. The molecule has 1 atom stereocenters. The summed E-state index contributed by atoms with van der Waals surface area (Å²) in [5, 5.41) is 8.51. The van der Waals surface area contributed by atoms with Crippen molar-refractivity contribution in [3.8, 4) is 0 Å². The van der Waals surface area contributed by atoms with E-state index in [0.29, 0.717) is 11.4 Å². The largest absolute Gasteiger partial charge is 0.295 e. The van der Waals surface area contributed by atoms with Crippen molar-refractivity contribution in [1.29, 1.82) is 0 Å². The highest BCUT2D eigenvalue weighted by Crippen LogP contribution is 2.32. The Hall–Kier alpha value is -2.48. The molecule has 0 saturated carbocycles. The van der Waals surface area contributed by atoms with Crippen LogP contribution >= 0.6 is 0 Å². The lowest BCUT2D eigenvalue weighted by Gasteiger charge is -2.24. The fraction of sp³-hybridized carbons (Fsp3) is 0.286. The van der Waals surface area contributed by atoms with Gasteiger partial charge in [-0.2, -0.15) is 0 Å². The van der Waals surface area contributed by atoms with Crippen molar-refractivity contribution in [2.24, 2.45) is 0 Å². The third-order valence-electron chi connectivity index (χ3n) is 4.97. The van der Waals surface area contributed by atoms with Crippen LogP contribution in [0.25, 0.3) is 6.08 Å². The van der Waals surface area contributed by atoms with Gasteiger partial charge in [-0.15, -0.1) is 0 Å². The monoisotopic (exact) mass is 400 g/mol. The van der Waals surface area contributed by atoms with Gasteiger partial charge in [0.15, 0.2) is 9.84 Å². The molecule has 0 spiro atoms. The van der Waals surface area contributed by atoms with Crippen molar-refractivity contribution in [3.05, 3.63) is 71.8 Å². The summed E-state index contributed by atoms with van der Waals surface area (Å²) in [4.78, 5) is 13.7. The number of likely N-dealkylation sites (tertiary alicyclic amines) is 1. The fourth-order valence-electron chi connectivity index (χ4n) is 3.49. The number of benzene rings is 2. The van der Waals surface area contributed by atoms with Crippen LogP contribution in [0.2, 0.25) is 0 Å². The Labute approximate surface area is 165 Å². The zero-order valence-electron chi connectivity index (χ0n) is 15.5. The molecule has 6 nitrogen and oxygen atoms in total. The van der Waals surface area contributed by atoms with Gasteiger partial charge in [0.1, 0.15) is 0 Å². The second kappa shape index (κ2) is 9.14. The number of nitrogens with zero attached hydrogens (tertiary/aromatic N) is 1. The van der Waals surface area contributed by atoms with Gasteiger partial charge in [-0.3, -0.25) is 14.9 Å². The molecule has 0 radical (unpaired) electrons. The second-order valence-corrected chi connectivity index (χ2v) is 8.91. The van der Waals surface area contributed by atoms with Crippen molar-refractivity contribution in [2.75, 3.05) is 18.8 Å². The number of rotatable bonds is 7. The Bertz CT molecular complexity index is 925. The van der Waals surface area contributed by atoms with Crippen LogP contribution in [0.4, 0.5) is 0 Å². The Morgan fingerprint density at radius 1 is 1.14 bits per heavy atom. The summed E-state index contributed by atoms with van der Waals surface area (Å²) in [5.74, 6) is -0.476. The van der Waals surface area contributed by atoms with Crippen molar-refractivity contribution < 1.29 is 18.4 Å². The molecule has 2 N–H and O–H groups in total. The van der Waals surface area contributed by atoms with Gasteiger partial charge in [0.25, 0.3) is 5.91 Å². The standard InChI is InChI=1S/C21H24N2O4S/c24-21(22-25)13-10-17-8-11-18(12-9-17)20-7-4-14-23(20)15-16-28(26,27)19-5-2-1-3-6-19/h1-3,5-6,8-13,20,25H,4,7,14-16H2,(H,22,24)/b13-10+/t20-/m0/s1. The molecule has 0 bridgehead atoms. The highest BCUT2D eigenvalue weighted by molar-refractivity contribution is 7.91. The Morgan fingerprint density at radius 2 is 1.86 bits per heavy atom. The zero-order chi connectivity index (χ0) is 20.0. The predicted octanol–water partition coefficient (Wildman–Crippen LogP) is 2.82. The summed E-state index contributed by atoms with van der Waals surface area (Å²) in [6.07, 6.45) is 4.90. The SMILES string of the molecule is O=C(/C=C/c1ccc([C@@H]2CCCN2CCS(=O)(=O)c2ccccc2)cc1)NO. The lowest BCUT2D eigenvalue weighted by Crippen LogP contribution is -2.29. The molecule has 2 aromatic carbocycles. The van der Waals surface area contributed by atoms with Crippen LogP contribution in [-0.2, 0) is 14.6 Å². The van der Waals surface area contributed by atoms with Gasteiger partial charge >= 0.3 is 0 Å². The first kappa shape index (κ1) is 20.3.